The van der Waals surface area contributed by atoms with Gasteiger partial charge in [0.1, 0.15) is 5.75 Å². The summed E-state index contributed by atoms with van der Waals surface area (Å²) in [6.07, 6.45) is 1.22. The molecular weight excluding hydrogens is 296 g/mol. The highest BCUT2D eigenvalue weighted by molar-refractivity contribution is 7.86. The molecule has 21 heavy (non-hydrogen) atoms. The van der Waals surface area contributed by atoms with Gasteiger partial charge in [-0.3, -0.25) is 4.55 Å². The van der Waals surface area contributed by atoms with Gasteiger partial charge in [-0.2, -0.15) is 8.42 Å². The molecule has 120 valence electrons. The second-order valence-electron chi connectivity index (χ2n) is 4.77. The van der Waals surface area contributed by atoms with Gasteiger partial charge in [0.15, 0.2) is 16.4 Å². The molecule has 0 aliphatic carbocycles. The fourth-order valence-corrected chi connectivity index (χ4v) is 3.23. The van der Waals surface area contributed by atoms with Crippen LogP contribution in [0.1, 0.15) is 44.2 Å². The number of phenols is 1. The Morgan fingerprint density at radius 3 is 2.00 bits per heavy atom. The summed E-state index contributed by atoms with van der Waals surface area (Å²) in [5.74, 6) is -0.524. The lowest BCUT2D eigenvalue weighted by atomic mass is 9.90. The Morgan fingerprint density at radius 1 is 1.14 bits per heavy atom. The molecule has 1 aromatic rings. The normalized spacial score (nSPS) is 13.0. The fourth-order valence-electron chi connectivity index (χ4n) is 2.46. The topological polar surface area (TPSA) is 93.1 Å². The first-order valence-corrected chi connectivity index (χ1v) is 8.15. The summed E-state index contributed by atoms with van der Waals surface area (Å²) in [4.78, 5) is -0.644. The van der Waals surface area contributed by atoms with E-state index < -0.39 is 20.8 Å². The van der Waals surface area contributed by atoms with Gasteiger partial charge in [-0.05, 0) is 18.8 Å². The summed E-state index contributed by atoms with van der Waals surface area (Å²) < 4.78 is 43.0. The molecule has 0 amide bonds. The number of phenolic OH excluding ortho intramolecular Hbond substituents is 1. The summed E-state index contributed by atoms with van der Waals surface area (Å²) in [6, 6.07) is 0. The summed E-state index contributed by atoms with van der Waals surface area (Å²) >= 11 is 0. The third kappa shape index (κ3) is 3.08. The molecule has 0 aromatic heterocycles. The van der Waals surface area contributed by atoms with Crippen molar-refractivity contribution in [3.63, 3.8) is 0 Å². The molecular formula is C14H22O6S. The maximum atomic E-state index is 11.6. The van der Waals surface area contributed by atoms with Crippen LogP contribution in [0.15, 0.2) is 4.90 Å². The summed E-state index contributed by atoms with van der Waals surface area (Å²) in [7, 11) is -2.00. The van der Waals surface area contributed by atoms with Gasteiger partial charge in [0.05, 0.1) is 14.2 Å². The predicted octanol–water partition coefficient (Wildman–Crippen LogP) is 2.73. The lowest BCUT2D eigenvalue weighted by Crippen LogP contribution is -2.10. The zero-order chi connectivity index (χ0) is 16.4. The number of aromatic hydroxyl groups is 1. The number of ether oxygens (including phenoxy) is 2. The highest BCUT2D eigenvalue weighted by Crippen LogP contribution is 2.49. The number of hydrogen-bond acceptors (Lipinski definition) is 5. The van der Waals surface area contributed by atoms with Crippen molar-refractivity contribution >= 4 is 10.1 Å². The van der Waals surface area contributed by atoms with Crippen LogP contribution < -0.4 is 9.47 Å². The molecule has 0 aliphatic rings. The minimum Gasteiger partial charge on any atom is -0.506 e. The Kier molecular flexibility index (Phi) is 5.47. The first-order valence-electron chi connectivity index (χ1n) is 6.71. The number of methoxy groups -OCH3 is 2. The minimum atomic E-state index is -4.65. The standard InChI is InChI=1S/C14H22O6S/c1-6-8(3)10-9(7-2)12(19-4)13(20-5)14(11(10)15)21(16,17)18/h8,15H,6-7H2,1-5H3,(H,16,17,18). The van der Waals surface area contributed by atoms with Crippen molar-refractivity contribution in [2.45, 2.75) is 44.4 Å². The third-order valence-corrected chi connectivity index (χ3v) is 4.50. The van der Waals surface area contributed by atoms with Crippen LogP contribution >= 0.6 is 0 Å². The Balaban J connectivity index is 3.99. The molecule has 0 bridgehead atoms. The lowest BCUT2D eigenvalue weighted by molar-refractivity contribution is 0.331. The summed E-state index contributed by atoms with van der Waals surface area (Å²) in [5.41, 5.74) is 1.14. The van der Waals surface area contributed by atoms with Gasteiger partial charge in [0.25, 0.3) is 0 Å². The van der Waals surface area contributed by atoms with Crippen LogP contribution in [0.4, 0.5) is 0 Å². The summed E-state index contributed by atoms with van der Waals surface area (Å²) in [6.45, 7) is 5.66. The van der Waals surface area contributed by atoms with E-state index in [2.05, 4.69) is 0 Å². The van der Waals surface area contributed by atoms with Gasteiger partial charge in [0.2, 0.25) is 0 Å². The molecule has 1 unspecified atom stereocenters. The van der Waals surface area contributed by atoms with Crippen LogP contribution in [0.25, 0.3) is 0 Å². The Hall–Kier alpha value is -1.47. The maximum Gasteiger partial charge on any atom is 0.302 e. The van der Waals surface area contributed by atoms with Gasteiger partial charge >= 0.3 is 10.1 Å². The maximum absolute atomic E-state index is 11.6. The minimum absolute atomic E-state index is 0.0970. The third-order valence-electron chi connectivity index (χ3n) is 3.61. The zero-order valence-corrected chi connectivity index (χ0v) is 13.7. The van der Waals surface area contributed by atoms with Gasteiger partial charge < -0.3 is 14.6 Å². The second kappa shape index (κ2) is 6.53. The van der Waals surface area contributed by atoms with Gasteiger partial charge in [-0.15, -0.1) is 0 Å². The number of hydrogen-bond donors (Lipinski definition) is 2. The zero-order valence-electron chi connectivity index (χ0n) is 12.9. The van der Waals surface area contributed by atoms with Gasteiger partial charge in [0, 0.05) is 11.1 Å². The van der Waals surface area contributed by atoms with Crippen LogP contribution in [-0.2, 0) is 16.5 Å². The van der Waals surface area contributed by atoms with Crippen molar-refractivity contribution < 1.29 is 27.6 Å². The van der Waals surface area contributed by atoms with E-state index in [1.54, 1.807) is 0 Å². The lowest BCUT2D eigenvalue weighted by Gasteiger charge is -2.23. The molecule has 0 spiro atoms. The van der Waals surface area contributed by atoms with Crippen LogP contribution in [-0.4, -0.2) is 32.3 Å². The molecule has 7 heteroatoms. The van der Waals surface area contributed by atoms with Crippen LogP contribution in [0, 0.1) is 0 Å². The Bertz CT molecular complexity index is 621. The average molecular weight is 318 g/mol. The molecule has 6 nitrogen and oxygen atoms in total. The Labute approximate surface area is 125 Å². The summed E-state index contributed by atoms with van der Waals surface area (Å²) in [5, 5.41) is 10.4. The van der Waals surface area contributed by atoms with Crippen molar-refractivity contribution in [2.24, 2.45) is 0 Å². The quantitative estimate of drug-likeness (QED) is 0.783. The monoisotopic (exact) mass is 318 g/mol. The molecule has 1 atom stereocenters. The van der Waals surface area contributed by atoms with Crippen LogP contribution in [0.5, 0.6) is 17.2 Å². The molecule has 0 heterocycles. The van der Waals surface area contributed by atoms with Crippen molar-refractivity contribution in [3.8, 4) is 17.2 Å². The van der Waals surface area contributed by atoms with E-state index in [0.717, 1.165) is 0 Å². The van der Waals surface area contributed by atoms with E-state index in [4.69, 9.17) is 9.47 Å². The van der Waals surface area contributed by atoms with E-state index in [9.17, 15) is 18.1 Å². The van der Waals surface area contributed by atoms with Crippen LogP contribution in [0.2, 0.25) is 0 Å². The van der Waals surface area contributed by atoms with Crippen LogP contribution in [0.3, 0.4) is 0 Å². The average Bonchev–Trinajstić information content (AvgIpc) is 2.43. The van der Waals surface area contributed by atoms with E-state index in [1.165, 1.54) is 14.2 Å². The fraction of sp³-hybridized carbons (Fsp3) is 0.571. The molecule has 0 fully saturated rings. The molecule has 0 radical (unpaired) electrons. The van der Waals surface area contributed by atoms with E-state index in [0.29, 0.717) is 24.0 Å². The Morgan fingerprint density at radius 2 is 1.67 bits per heavy atom. The molecule has 0 saturated carbocycles. The molecule has 0 saturated heterocycles. The van der Waals surface area contributed by atoms with E-state index in [1.807, 2.05) is 20.8 Å². The largest absolute Gasteiger partial charge is 0.506 e. The highest BCUT2D eigenvalue weighted by atomic mass is 32.2. The van der Waals surface area contributed by atoms with Crippen molar-refractivity contribution in [3.05, 3.63) is 11.1 Å². The van der Waals surface area contributed by atoms with Crippen molar-refractivity contribution in [1.29, 1.82) is 0 Å². The van der Waals surface area contributed by atoms with E-state index in [-0.39, 0.29) is 17.4 Å². The van der Waals surface area contributed by atoms with Gasteiger partial charge in [-0.25, -0.2) is 0 Å². The highest BCUT2D eigenvalue weighted by Gasteiger charge is 2.32. The predicted molar refractivity (Wildman–Crippen MR) is 79.1 cm³/mol. The molecule has 1 aromatic carbocycles. The first-order chi connectivity index (χ1) is 9.74. The smallest absolute Gasteiger partial charge is 0.302 e. The second-order valence-corrected chi connectivity index (χ2v) is 6.13. The SMILES string of the molecule is CCc1c(OC)c(OC)c(S(=O)(=O)O)c(O)c1C(C)CC. The van der Waals surface area contributed by atoms with E-state index >= 15 is 0 Å². The van der Waals surface area contributed by atoms with Crippen molar-refractivity contribution in [2.75, 3.05) is 14.2 Å². The molecule has 0 aliphatic heterocycles. The van der Waals surface area contributed by atoms with Crippen molar-refractivity contribution in [1.82, 2.24) is 0 Å². The molecule has 2 N–H and O–H groups in total. The number of benzene rings is 1. The first kappa shape index (κ1) is 17.6. The molecule has 1 rings (SSSR count). The van der Waals surface area contributed by atoms with Gasteiger partial charge in [-0.1, -0.05) is 20.8 Å². The number of rotatable bonds is 6.